The largest absolute Gasteiger partial charge is 0.398 e. The Kier molecular flexibility index (Phi) is 3.64. The summed E-state index contributed by atoms with van der Waals surface area (Å²) in [4.78, 5) is 2.31. The first-order valence-electron chi connectivity index (χ1n) is 6.16. The Morgan fingerprint density at radius 3 is 2.41 bits per heavy atom. The van der Waals surface area contributed by atoms with E-state index in [1.54, 1.807) is 0 Å². The lowest BCUT2D eigenvalue weighted by Gasteiger charge is -2.17. The number of anilines is 1. The molecule has 17 heavy (non-hydrogen) atoms. The third-order valence-electron chi connectivity index (χ3n) is 3.05. The third kappa shape index (κ3) is 2.77. The molecule has 2 heteroatoms. The zero-order chi connectivity index (χ0) is 12.3. The highest BCUT2D eigenvalue weighted by Crippen LogP contribution is 2.22. The minimum absolute atomic E-state index is 0.895. The summed E-state index contributed by atoms with van der Waals surface area (Å²) in [5.41, 5.74) is 8.22. The summed E-state index contributed by atoms with van der Waals surface area (Å²) in [5, 5.41) is 2.48. The van der Waals surface area contributed by atoms with Crippen molar-refractivity contribution in [2.75, 3.05) is 19.3 Å². The summed E-state index contributed by atoms with van der Waals surface area (Å²) in [6.07, 6.45) is 1.17. The molecule has 2 rings (SSSR count). The van der Waals surface area contributed by atoms with Crippen LogP contribution in [0.3, 0.4) is 0 Å². The Morgan fingerprint density at radius 1 is 1.12 bits per heavy atom. The summed E-state index contributed by atoms with van der Waals surface area (Å²) >= 11 is 0. The second-order valence-electron chi connectivity index (χ2n) is 4.64. The molecule has 0 bridgehead atoms. The SMILES string of the molecule is CCCN(C)Cc1cc2ccccc2cc1N. The number of hydrogen-bond acceptors (Lipinski definition) is 2. The van der Waals surface area contributed by atoms with Gasteiger partial charge in [-0.15, -0.1) is 0 Å². The van der Waals surface area contributed by atoms with Crippen LogP contribution in [-0.2, 0) is 6.54 Å². The van der Waals surface area contributed by atoms with Gasteiger partial charge in [0, 0.05) is 12.2 Å². The number of nitrogen functional groups attached to an aromatic ring is 1. The lowest BCUT2D eigenvalue weighted by atomic mass is 10.0. The molecule has 0 aliphatic heterocycles. The maximum Gasteiger partial charge on any atom is 0.0366 e. The molecule has 0 saturated heterocycles. The summed E-state index contributed by atoms with van der Waals surface area (Å²) in [5.74, 6) is 0. The molecule has 0 aliphatic rings. The fourth-order valence-electron chi connectivity index (χ4n) is 2.19. The molecular weight excluding hydrogens is 208 g/mol. The van der Waals surface area contributed by atoms with E-state index in [0.29, 0.717) is 0 Å². The average Bonchev–Trinajstić information content (AvgIpc) is 2.30. The van der Waals surface area contributed by atoms with Crippen molar-refractivity contribution in [3.8, 4) is 0 Å². The van der Waals surface area contributed by atoms with Crippen molar-refractivity contribution in [3.63, 3.8) is 0 Å². The first-order chi connectivity index (χ1) is 8.20. The fourth-order valence-corrected chi connectivity index (χ4v) is 2.19. The normalized spacial score (nSPS) is 11.2. The van der Waals surface area contributed by atoms with Gasteiger partial charge in [0.05, 0.1) is 0 Å². The molecule has 0 spiro atoms. The van der Waals surface area contributed by atoms with Crippen LogP contribution in [0.5, 0.6) is 0 Å². The van der Waals surface area contributed by atoms with Crippen molar-refractivity contribution in [1.82, 2.24) is 4.90 Å². The van der Waals surface area contributed by atoms with Gasteiger partial charge >= 0.3 is 0 Å². The molecule has 2 N–H and O–H groups in total. The van der Waals surface area contributed by atoms with E-state index in [2.05, 4.69) is 49.2 Å². The van der Waals surface area contributed by atoms with Crippen LogP contribution in [0.1, 0.15) is 18.9 Å². The van der Waals surface area contributed by atoms with E-state index in [4.69, 9.17) is 5.73 Å². The van der Waals surface area contributed by atoms with Crippen molar-refractivity contribution >= 4 is 16.5 Å². The molecule has 0 fully saturated rings. The van der Waals surface area contributed by atoms with Crippen LogP contribution in [0.15, 0.2) is 36.4 Å². The Morgan fingerprint density at radius 2 is 1.76 bits per heavy atom. The summed E-state index contributed by atoms with van der Waals surface area (Å²) in [6, 6.07) is 12.6. The van der Waals surface area contributed by atoms with E-state index in [9.17, 15) is 0 Å². The van der Waals surface area contributed by atoms with E-state index < -0.39 is 0 Å². The minimum Gasteiger partial charge on any atom is -0.398 e. The summed E-state index contributed by atoms with van der Waals surface area (Å²) in [6.45, 7) is 4.22. The maximum atomic E-state index is 6.10. The van der Waals surface area contributed by atoms with Crippen molar-refractivity contribution in [2.24, 2.45) is 0 Å². The molecule has 0 aliphatic carbocycles. The average molecular weight is 228 g/mol. The molecule has 0 heterocycles. The molecule has 2 aromatic carbocycles. The molecule has 90 valence electrons. The molecule has 2 aromatic rings. The molecule has 0 atom stereocenters. The van der Waals surface area contributed by atoms with Gasteiger partial charge in [-0.1, -0.05) is 31.2 Å². The number of nitrogens with zero attached hydrogens (tertiary/aromatic N) is 1. The van der Waals surface area contributed by atoms with Crippen LogP contribution < -0.4 is 5.73 Å². The van der Waals surface area contributed by atoms with E-state index in [1.165, 1.54) is 22.8 Å². The predicted octanol–water partition coefficient (Wildman–Crippen LogP) is 3.26. The first kappa shape index (κ1) is 11.9. The second-order valence-corrected chi connectivity index (χ2v) is 4.64. The Labute approximate surface area is 103 Å². The first-order valence-corrected chi connectivity index (χ1v) is 6.16. The van der Waals surface area contributed by atoms with Crippen LogP contribution in [-0.4, -0.2) is 18.5 Å². The van der Waals surface area contributed by atoms with Gasteiger partial charge in [-0.2, -0.15) is 0 Å². The zero-order valence-electron chi connectivity index (χ0n) is 10.6. The summed E-state index contributed by atoms with van der Waals surface area (Å²) in [7, 11) is 2.14. The molecular formula is C15H20N2. The smallest absolute Gasteiger partial charge is 0.0366 e. The topological polar surface area (TPSA) is 29.3 Å². The van der Waals surface area contributed by atoms with Crippen molar-refractivity contribution in [3.05, 3.63) is 42.0 Å². The quantitative estimate of drug-likeness (QED) is 0.814. The van der Waals surface area contributed by atoms with Gasteiger partial charge in [0.2, 0.25) is 0 Å². The number of benzene rings is 2. The highest BCUT2D eigenvalue weighted by molar-refractivity contribution is 5.86. The van der Waals surface area contributed by atoms with Crippen LogP contribution >= 0.6 is 0 Å². The molecule has 0 amide bonds. The lowest BCUT2D eigenvalue weighted by Crippen LogP contribution is -2.19. The number of rotatable bonds is 4. The van der Waals surface area contributed by atoms with Gasteiger partial charge in [0.1, 0.15) is 0 Å². The van der Waals surface area contributed by atoms with Gasteiger partial charge in [-0.3, -0.25) is 0 Å². The lowest BCUT2D eigenvalue weighted by molar-refractivity contribution is 0.328. The monoisotopic (exact) mass is 228 g/mol. The van der Waals surface area contributed by atoms with E-state index in [0.717, 1.165) is 18.8 Å². The Bertz CT molecular complexity index is 505. The highest BCUT2D eigenvalue weighted by atomic mass is 15.1. The number of hydrogen-bond donors (Lipinski definition) is 1. The van der Waals surface area contributed by atoms with Crippen LogP contribution in [0.25, 0.3) is 10.8 Å². The van der Waals surface area contributed by atoms with Gasteiger partial charge in [-0.25, -0.2) is 0 Å². The molecule has 0 aromatic heterocycles. The van der Waals surface area contributed by atoms with Gasteiger partial charge < -0.3 is 10.6 Å². The number of nitrogens with two attached hydrogens (primary N) is 1. The maximum absolute atomic E-state index is 6.10. The van der Waals surface area contributed by atoms with Crippen LogP contribution in [0, 0.1) is 0 Å². The Hall–Kier alpha value is -1.54. The van der Waals surface area contributed by atoms with Gasteiger partial charge in [0.25, 0.3) is 0 Å². The molecule has 2 nitrogen and oxygen atoms in total. The van der Waals surface area contributed by atoms with E-state index in [1.807, 2.05) is 6.07 Å². The minimum atomic E-state index is 0.895. The van der Waals surface area contributed by atoms with Crippen molar-refractivity contribution in [1.29, 1.82) is 0 Å². The summed E-state index contributed by atoms with van der Waals surface area (Å²) < 4.78 is 0. The second kappa shape index (κ2) is 5.19. The Balaban J connectivity index is 2.31. The van der Waals surface area contributed by atoms with Crippen LogP contribution in [0.2, 0.25) is 0 Å². The third-order valence-corrected chi connectivity index (χ3v) is 3.05. The van der Waals surface area contributed by atoms with Crippen molar-refractivity contribution < 1.29 is 0 Å². The predicted molar refractivity (Wildman–Crippen MR) is 75.0 cm³/mol. The standard InChI is InChI=1S/C15H20N2/c1-3-8-17(2)11-14-9-12-6-4-5-7-13(12)10-15(14)16/h4-7,9-10H,3,8,11,16H2,1-2H3. The van der Waals surface area contributed by atoms with Gasteiger partial charge in [0.15, 0.2) is 0 Å². The molecule has 0 saturated carbocycles. The zero-order valence-corrected chi connectivity index (χ0v) is 10.6. The number of fused-ring (bicyclic) bond motifs is 1. The molecule has 0 radical (unpaired) electrons. The van der Waals surface area contributed by atoms with Crippen LogP contribution in [0.4, 0.5) is 5.69 Å². The fraction of sp³-hybridized carbons (Fsp3) is 0.333. The van der Waals surface area contributed by atoms with Gasteiger partial charge in [-0.05, 0) is 48.5 Å². The molecule has 0 unspecified atom stereocenters. The van der Waals surface area contributed by atoms with E-state index >= 15 is 0 Å². The van der Waals surface area contributed by atoms with Crippen molar-refractivity contribution in [2.45, 2.75) is 19.9 Å². The van der Waals surface area contributed by atoms with E-state index in [-0.39, 0.29) is 0 Å². The highest BCUT2D eigenvalue weighted by Gasteiger charge is 2.04.